The molecular weight excluding hydrogens is 1080 g/mol. The summed E-state index contributed by atoms with van der Waals surface area (Å²) in [5, 5.41) is 49.0. The average molecular weight is 1140 g/mol. The molecule has 0 bridgehead atoms. The van der Waals surface area contributed by atoms with Gasteiger partial charge in [-0.25, -0.2) is 22.9 Å². The Bertz CT molecular complexity index is 3930. The summed E-state index contributed by atoms with van der Waals surface area (Å²) in [6.45, 7) is 3.56. The molecule has 2 fully saturated rings. The van der Waals surface area contributed by atoms with E-state index in [1.165, 1.54) is 41.8 Å². The molecular formula is C65H62Cl2F2N8O5. The van der Waals surface area contributed by atoms with Crippen LogP contribution < -0.4 is 11.1 Å². The first-order chi connectivity index (χ1) is 38.9. The van der Waals surface area contributed by atoms with Crippen LogP contribution in [0, 0.1) is 37.3 Å². The molecule has 0 spiro atoms. The Morgan fingerprint density at radius 1 is 0.598 bits per heavy atom. The summed E-state index contributed by atoms with van der Waals surface area (Å²) >= 11 is 12.1. The van der Waals surface area contributed by atoms with Crippen molar-refractivity contribution < 1.29 is 33.7 Å². The molecule has 13 nitrogen and oxygen atoms in total. The lowest BCUT2D eigenvalue weighted by Crippen LogP contribution is -2.29. The summed E-state index contributed by atoms with van der Waals surface area (Å²) in [5.41, 5.74) is 8.30. The predicted molar refractivity (Wildman–Crippen MR) is 319 cm³/mol. The monoisotopic (exact) mass is 1140 g/mol. The molecule has 1 amide bonds. The zero-order chi connectivity index (χ0) is 57.0. The van der Waals surface area contributed by atoms with Gasteiger partial charge in [0.1, 0.15) is 28.5 Å². The minimum Gasteiger partial charge on any atom is -0.477 e. The van der Waals surface area contributed by atoms with Crippen LogP contribution in [0.1, 0.15) is 114 Å². The van der Waals surface area contributed by atoms with Gasteiger partial charge in [0.25, 0.3) is 5.91 Å². The number of anilines is 2. The Labute approximate surface area is 484 Å². The molecule has 0 aliphatic heterocycles. The number of benzene rings is 6. The highest BCUT2D eigenvalue weighted by atomic mass is 35.5. The highest BCUT2D eigenvalue weighted by Crippen LogP contribution is 2.43. The number of pyridine rings is 2. The number of rotatable bonds is 15. The van der Waals surface area contributed by atoms with Gasteiger partial charge in [0, 0.05) is 22.4 Å². The van der Waals surface area contributed by atoms with Crippen LogP contribution in [-0.4, -0.2) is 56.7 Å². The average Bonchev–Trinajstić information content (AvgIpc) is 4.54. The van der Waals surface area contributed by atoms with E-state index in [1.807, 2.05) is 84.9 Å². The number of nitrogens with one attached hydrogen (secondary N) is 1. The van der Waals surface area contributed by atoms with E-state index in [9.17, 15) is 29.3 Å². The fraction of sp³-hybridized carbons (Fsp3) is 0.231. The van der Waals surface area contributed by atoms with Gasteiger partial charge in [0.15, 0.2) is 5.69 Å². The van der Waals surface area contributed by atoms with E-state index < -0.39 is 34.7 Å². The normalized spacial score (nSPS) is 14.3. The van der Waals surface area contributed by atoms with Gasteiger partial charge in [-0.05, 0) is 193 Å². The number of carboxylic acids is 1. The molecule has 12 rings (SSSR count). The van der Waals surface area contributed by atoms with Crippen LogP contribution in [0.25, 0.3) is 32.9 Å². The fourth-order valence-electron chi connectivity index (χ4n) is 9.94. The standard InChI is InChI=1S/C32H28ClFN4O2.C17H19FN2O.C15H11ClN2O2.CH4/c1-20-16-29(38(37-20)26-11-8-22-17-25(33)10-7-23(22)18-26)31(39)36-28-19-24(9-12-27(28)34)32(40,14-13-21-5-6-21)30-4-2-3-15-35-30;18-14-7-6-13(11-15(14)19)17(21,9-8-12-4-5-12)16-3-1-2-10-20-16;1-9-6-14(15(19)20)18(17-9)13-5-3-10-7-12(16)4-2-11(10)8-13;/h2-4,7-12,15-19,21,40H,5-6,13-14H2,1H3,(H,36,39);1-3,6-7,10-12,21H,4-5,8-9,19H2;2-8H,1H3,(H,19,20);1H4. The molecule has 10 aromatic rings. The van der Waals surface area contributed by atoms with Gasteiger partial charge < -0.3 is 26.4 Å². The number of aromatic nitrogens is 6. The molecule has 420 valence electrons. The largest absolute Gasteiger partial charge is 0.477 e. The smallest absolute Gasteiger partial charge is 0.354 e. The Kier molecular flexibility index (Phi) is 17.6. The molecule has 2 unspecified atom stereocenters. The van der Waals surface area contributed by atoms with E-state index in [2.05, 4.69) is 25.5 Å². The Hall–Kier alpha value is -8.34. The van der Waals surface area contributed by atoms with Gasteiger partial charge >= 0.3 is 5.97 Å². The maximum absolute atomic E-state index is 15.1. The van der Waals surface area contributed by atoms with Gasteiger partial charge in [0.2, 0.25) is 0 Å². The van der Waals surface area contributed by atoms with Crippen molar-refractivity contribution in [2.45, 2.75) is 83.8 Å². The summed E-state index contributed by atoms with van der Waals surface area (Å²) in [5.74, 6) is -1.31. The van der Waals surface area contributed by atoms with Crippen LogP contribution in [0.2, 0.25) is 10.0 Å². The number of aromatic carboxylic acids is 1. The van der Waals surface area contributed by atoms with Crippen molar-refractivity contribution in [3.8, 4) is 11.4 Å². The zero-order valence-electron chi connectivity index (χ0n) is 44.4. The maximum Gasteiger partial charge on any atom is 0.354 e. The molecule has 2 aliphatic rings. The first kappa shape index (κ1) is 58.3. The number of hydrogen-bond acceptors (Lipinski definition) is 9. The molecule has 4 heterocycles. The third-order valence-electron chi connectivity index (χ3n) is 14.7. The number of hydrogen-bond donors (Lipinski definition) is 5. The third kappa shape index (κ3) is 13.4. The Morgan fingerprint density at radius 2 is 1.05 bits per heavy atom. The highest BCUT2D eigenvalue weighted by molar-refractivity contribution is 6.31. The number of halogens is 4. The lowest BCUT2D eigenvalue weighted by atomic mass is 9.84. The number of nitrogen functional groups attached to an aromatic ring is 1. The molecule has 0 radical (unpaired) electrons. The Balaban J connectivity index is 0.000000162. The molecule has 6 aromatic carbocycles. The van der Waals surface area contributed by atoms with Crippen molar-refractivity contribution in [2.75, 3.05) is 11.1 Å². The number of carboxylic acid groups (broad SMARTS) is 1. The van der Waals surface area contributed by atoms with Crippen LogP contribution in [0.5, 0.6) is 0 Å². The van der Waals surface area contributed by atoms with Crippen molar-refractivity contribution in [1.29, 1.82) is 0 Å². The van der Waals surface area contributed by atoms with E-state index >= 15 is 4.39 Å². The highest BCUT2D eigenvalue weighted by Gasteiger charge is 2.37. The molecule has 6 N–H and O–H groups in total. The minimum absolute atomic E-state index is 0. The van der Waals surface area contributed by atoms with Crippen LogP contribution in [0.4, 0.5) is 20.2 Å². The molecule has 82 heavy (non-hydrogen) atoms. The van der Waals surface area contributed by atoms with Gasteiger partial charge in [-0.15, -0.1) is 0 Å². The first-order valence-corrected chi connectivity index (χ1v) is 27.4. The number of nitrogens with two attached hydrogens (primary N) is 1. The number of nitrogens with zero attached hydrogens (tertiary/aromatic N) is 6. The predicted octanol–water partition coefficient (Wildman–Crippen LogP) is 14.8. The molecule has 2 saturated carbocycles. The van der Waals surface area contributed by atoms with E-state index in [1.54, 1.807) is 79.5 Å². The summed E-state index contributed by atoms with van der Waals surface area (Å²) in [4.78, 5) is 33.4. The molecule has 2 atom stereocenters. The lowest BCUT2D eigenvalue weighted by Gasteiger charge is -2.29. The lowest BCUT2D eigenvalue weighted by molar-refractivity contribution is 0.0622. The van der Waals surface area contributed by atoms with Crippen molar-refractivity contribution >= 4 is 68.0 Å². The van der Waals surface area contributed by atoms with Crippen molar-refractivity contribution in [3.63, 3.8) is 0 Å². The molecule has 0 saturated heterocycles. The number of aliphatic hydroxyl groups is 2. The number of fused-ring (bicyclic) bond motifs is 2. The maximum atomic E-state index is 15.1. The summed E-state index contributed by atoms with van der Waals surface area (Å²) in [6, 6.07) is 45.2. The molecule has 17 heteroatoms. The topological polar surface area (TPSA) is 194 Å². The second kappa shape index (κ2) is 24.8. The number of amides is 1. The summed E-state index contributed by atoms with van der Waals surface area (Å²) < 4.78 is 31.4. The Morgan fingerprint density at radius 3 is 1.51 bits per heavy atom. The van der Waals surface area contributed by atoms with Gasteiger partial charge in [0.05, 0.1) is 45.5 Å². The van der Waals surface area contributed by atoms with Gasteiger partial charge in [-0.3, -0.25) is 14.8 Å². The van der Waals surface area contributed by atoms with Crippen molar-refractivity contribution in [2.24, 2.45) is 11.8 Å². The van der Waals surface area contributed by atoms with Crippen LogP contribution in [0.3, 0.4) is 0 Å². The van der Waals surface area contributed by atoms with E-state index in [4.69, 9.17) is 28.9 Å². The fourth-order valence-corrected chi connectivity index (χ4v) is 10.3. The quantitative estimate of drug-likeness (QED) is 0.0617. The van der Waals surface area contributed by atoms with E-state index in [0.717, 1.165) is 47.2 Å². The number of aryl methyl sites for hydroxylation is 2. The van der Waals surface area contributed by atoms with Crippen LogP contribution in [0.15, 0.2) is 170 Å². The number of carbonyl (C=O) groups is 2. The summed E-state index contributed by atoms with van der Waals surface area (Å²) in [7, 11) is 0. The first-order valence-electron chi connectivity index (χ1n) is 26.6. The SMILES string of the molecule is C.Cc1cc(C(=O)Nc2cc(C(O)(CCC3CC3)c3ccccn3)ccc2F)n(-c2ccc3cc(Cl)ccc3c2)n1.Cc1cc(C(=O)O)n(-c2ccc3cc(Cl)ccc3c2)n1.Nc1cc(C(O)(CCC2CC2)c2ccccn2)ccc1F. The third-order valence-corrected chi connectivity index (χ3v) is 15.2. The van der Waals surface area contributed by atoms with E-state index in [-0.39, 0.29) is 30.2 Å². The molecule has 2 aliphatic carbocycles. The number of carbonyl (C=O) groups excluding carboxylic acids is 1. The second-order valence-electron chi connectivity index (χ2n) is 20.8. The second-order valence-corrected chi connectivity index (χ2v) is 21.7. The van der Waals surface area contributed by atoms with Crippen molar-refractivity contribution in [3.05, 3.63) is 237 Å². The van der Waals surface area contributed by atoms with Crippen molar-refractivity contribution in [1.82, 2.24) is 29.5 Å². The van der Waals surface area contributed by atoms with E-state index in [0.29, 0.717) is 80.0 Å². The minimum atomic E-state index is -1.41. The van der Waals surface area contributed by atoms with Crippen LogP contribution in [-0.2, 0) is 11.2 Å². The van der Waals surface area contributed by atoms with Crippen LogP contribution >= 0.6 is 23.2 Å². The molecule has 4 aromatic heterocycles. The van der Waals surface area contributed by atoms with Gasteiger partial charge in [-0.1, -0.05) is 105 Å². The van der Waals surface area contributed by atoms with Gasteiger partial charge in [-0.2, -0.15) is 10.2 Å². The zero-order valence-corrected chi connectivity index (χ0v) is 45.9. The summed E-state index contributed by atoms with van der Waals surface area (Å²) in [6.07, 6.45) is 10.8.